The maximum atomic E-state index is 11.9. The monoisotopic (exact) mass is 409 g/mol. The van der Waals surface area contributed by atoms with E-state index in [4.69, 9.17) is 0 Å². The number of hydrogen-bond acceptors (Lipinski definition) is 8. The van der Waals surface area contributed by atoms with E-state index in [-0.39, 0.29) is 10.6 Å². The van der Waals surface area contributed by atoms with Crippen molar-refractivity contribution < 1.29 is 4.92 Å². The van der Waals surface area contributed by atoms with Crippen molar-refractivity contribution in [2.45, 2.75) is 32.1 Å². The molecule has 3 heterocycles. The Hall–Kier alpha value is -3.23. The number of piperazine rings is 1. The average Bonchev–Trinajstić information content (AvgIpc) is 2.80. The Morgan fingerprint density at radius 1 is 1.07 bits per heavy atom. The first kappa shape index (κ1) is 20.1. The summed E-state index contributed by atoms with van der Waals surface area (Å²) in [6.07, 6.45) is 11.1. The minimum atomic E-state index is -0.372. The fraction of sp³-hybridized carbons (Fsp3) is 0.476. The topological polar surface area (TPSA) is 100 Å². The van der Waals surface area contributed by atoms with E-state index >= 15 is 0 Å². The van der Waals surface area contributed by atoms with Gasteiger partial charge >= 0.3 is 5.69 Å². The fourth-order valence-electron chi connectivity index (χ4n) is 4.06. The van der Waals surface area contributed by atoms with Crippen LogP contribution < -0.4 is 15.1 Å². The first-order valence-corrected chi connectivity index (χ1v) is 10.5. The Bertz CT molecular complexity index is 895. The van der Waals surface area contributed by atoms with Gasteiger partial charge < -0.3 is 15.1 Å². The number of aromatic nitrogens is 3. The van der Waals surface area contributed by atoms with E-state index in [1.165, 1.54) is 24.7 Å². The lowest BCUT2D eigenvalue weighted by atomic mass is 9.97. The third kappa shape index (κ3) is 4.67. The Morgan fingerprint density at radius 2 is 1.90 bits per heavy atom. The zero-order valence-corrected chi connectivity index (χ0v) is 17.0. The first-order chi connectivity index (χ1) is 14.7. The number of nitro groups is 1. The van der Waals surface area contributed by atoms with Crippen LogP contribution in [0.15, 0.2) is 42.4 Å². The molecule has 1 fully saturated rings. The molecule has 2 aromatic heterocycles. The van der Waals surface area contributed by atoms with Gasteiger partial charge in [0.05, 0.1) is 4.92 Å². The summed E-state index contributed by atoms with van der Waals surface area (Å²) < 4.78 is 0. The molecule has 0 bridgehead atoms. The summed E-state index contributed by atoms with van der Waals surface area (Å²) in [6, 6.07) is 5.83. The molecule has 2 aliphatic rings. The van der Waals surface area contributed by atoms with Crippen LogP contribution in [-0.2, 0) is 0 Å². The maximum Gasteiger partial charge on any atom is 0.353 e. The largest absolute Gasteiger partial charge is 0.364 e. The number of nitrogens with one attached hydrogen (secondary N) is 1. The van der Waals surface area contributed by atoms with Gasteiger partial charge in [-0.25, -0.2) is 15.0 Å². The highest BCUT2D eigenvalue weighted by Gasteiger charge is 2.29. The minimum Gasteiger partial charge on any atom is -0.364 e. The van der Waals surface area contributed by atoms with Crippen molar-refractivity contribution in [2.24, 2.45) is 0 Å². The van der Waals surface area contributed by atoms with Gasteiger partial charge in [0, 0.05) is 38.9 Å². The third-order valence-corrected chi connectivity index (χ3v) is 5.66. The molecule has 30 heavy (non-hydrogen) atoms. The van der Waals surface area contributed by atoms with Crippen molar-refractivity contribution in [3.8, 4) is 0 Å². The Morgan fingerprint density at radius 3 is 2.60 bits per heavy atom. The number of pyridine rings is 1. The van der Waals surface area contributed by atoms with Gasteiger partial charge in [-0.2, -0.15) is 0 Å². The number of anilines is 3. The van der Waals surface area contributed by atoms with Gasteiger partial charge in [0.25, 0.3) is 0 Å². The Balaban J connectivity index is 1.43. The summed E-state index contributed by atoms with van der Waals surface area (Å²) in [5.74, 6) is 1.61. The van der Waals surface area contributed by atoms with Crippen molar-refractivity contribution in [3.05, 3.63) is 52.5 Å². The molecule has 0 saturated carbocycles. The van der Waals surface area contributed by atoms with Gasteiger partial charge in [-0.1, -0.05) is 17.7 Å². The van der Waals surface area contributed by atoms with Crippen molar-refractivity contribution >= 4 is 23.1 Å². The van der Waals surface area contributed by atoms with Gasteiger partial charge in [0.2, 0.25) is 11.6 Å². The second-order valence-corrected chi connectivity index (χ2v) is 7.60. The summed E-state index contributed by atoms with van der Waals surface area (Å²) in [5.41, 5.74) is 1.39. The van der Waals surface area contributed by atoms with Crippen molar-refractivity contribution in [1.82, 2.24) is 15.0 Å². The molecule has 2 aromatic rings. The van der Waals surface area contributed by atoms with Crippen molar-refractivity contribution in [1.29, 1.82) is 0 Å². The number of nitrogens with zero attached hydrogens (tertiary/aromatic N) is 6. The number of allylic oxidation sites excluding steroid dienone is 1. The van der Waals surface area contributed by atoms with E-state index in [1.807, 2.05) is 23.1 Å². The molecule has 0 amide bonds. The second-order valence-electron chi connectivity index (χ2n) is 7.60. The number of rotatable bonds is 7. The van der Waals surface area contributed by atoms with E-state index in [0.29, 0.717) is 31.3 Å². The molecule has 1 aliphatic heterocycles. The zero-order valence-electron chi connectivity index (χ0n) is 17.0. The lowest BCUT2D eigenvalue weighted by Crippen LogP contribution is -2.47. The van der Waals surface area contributed by atoms with Crippen LogP contribution in [0.3, 0.4) is 0 Å². The standard InChI is InChI=1S/C21H27N7O2/c29-28(30)19-20(23-11-9-17-6-2-1-3-7-17)24-16-25-21(19)27-14-12-26(13-15-27)18-8-4-5-10-22-18/h4-6,8,10,16H,1-3,7,9,11-15H2,(H,23,24,25). The lowest BCUT2D eigenvalue weighted by Gasteiger charge is -2.35. The van der Waals surface area contributed by atoms with Gasteiger partial charge in [0.15, 0.2) is 0 Å². The summed E-state index contributed by atoms with van der Waals surface area (Å²) >= 11 is 0. The predicted octanol–water partition coefficient (Wildman–Crippen LogP) is 3.41. The maximum absolute atomic E-state index is 11.9. The molecule has 0 atom stereocenters. The second kappa shape index (κ2) is 9.51. The molecular weight excluding hydrogens is 382 g/mol. The summed E-state index contributed by atoms with van der Waals surface area (Å²) in [6.45, 7) is 3.38. The molecule has 1 N–H and O–H groups in total. The number of hydrogen-bond donors (Lipinski definition) is 1. The quantitative estimate of drug-likeness (QED) is 0.422. The Labute approximate surface area is 176 Å². The van der Waals surface area contributed by atoms with Gasteiger partial charge in [-0.15, -0.1) is 0 Å². The molecule has 158 valence electrons. The summed E-state index contributed by atoms with van der Waals surface area (Å²) in [5, 5.41) is 15.0. The Kier molecular flexibility index (Phi) is 6.36. The van der Waals surface area contributed by atoms with Crippen LogP contribution in [0.5, 0.6) is 0 Å². The molecular formula is C21H27N7O2. The van der Waals surface area contributed by atoms with Gasteiger partial charge in [-0.05, 0) is 44.2 Å². The predicted molar refractivity (Wildman–Crippen MR) is 117 cm³/mol. The van der Waals surface area contributed by atoms with E-state index in [2.05, 4.69) is 31.2 Å². The molecule has 0 spiro atoms. The SMILES string of the molecule is O=[N+]([O-])c1c(NCCC2=CCCCC2)ncnc1N1CCN(c2ccccn2)CC1. The molecule has 0 unspecified atom stereocenters. The van der Waals surface area contributed by atoms with Crippen LogP contribution >= 0.6 is 0 Å². The normalized spacial score (nSPS) is 16.9. The van der Waals surface area contributed by atoms with E-state index in [0.717, 1.165) is 38.2 Å². The van der Waals surface area contributed by atoms with Gasteiger partial charge in [0.1, 0.15) is 12.1 Å². The van der Waals surface area contributed by atoms with E-state index < -0.39 is 0 Å². The van der Waals surface area contributed by atoms with E-state index in [1.54, 1.807) is 6.20 Å². The highest BCUT2D eigenvalue weighted by molar-refractivity contribution is 5.70. The van der Waals surface area contributed by atoms with Gasteiger partial charge in [-0.3, -0.25) is 10.1 Å². The van der Waals surface area contributed by atoms with E-state index in [9.17, 15) is 10.1 Å². The third-order valence-electron chi connectivity index (χ3n) is 5.66. The zero-order chi connectivity index (χ0) is 20.8. The molecule has 9 heteroatoms. The highest BCUT2D eigenvalue weighted by Crippen LogP contribution is 2.33. The summed E-state index contributed by atoms with van der Waals surface area (Å²) in [7, 11) is 0. The fourth-order valence-corrected chi connectivity index (χ4v) is 4.06. The van der Waals surface area contributed by atoms with Crippen LogP contribution in [0.25, 0.3) is 0 Å². The summed E-state index contributed by atoms with van der Waals surface area (Å²) in [4.78, 5) is 28.5. The van der Waals surface area contributed by atoms with Crippen LogP contribution in [0.1, 0.15) is 32.1 Å². The molecule has 0 aromatic carbocycles. The molecule has 0 radical (unpaired) electrons. The van der Waals surface area contributed by atoms with Crippen molar-refractivity contribution in [3.63, 3.8) is 0 Å². The smallest absolute Gasteiger partial charge is 0.353 e. The lowest BCUT2D eigenvalue weighted by molar-refractivity contribution is -0.383. The van der Waals surface area contributed by atoms with Crippen LogP contribution in [0.4, 0.5) is 23.1 Å². The average molecular weight is 409 g/mol. The van der Waals surface area contributed by atoms with Crippen LogP contribution in [-0.4, -0.2) is 52.6 Å². The minimum absolute atomic E-state index is 0.0404. The van der Waals surface area contributed by atoms with Crippen molar-refractivity contribution in [2.75, 3.05) is 47.8 Å². The first-order valence-electron chi connectivity index (χ1n) is 10.5. The van der Waals surface area contributed by atoms with Crippen LogP contribution in [0.2, 0.25) is 0 Å². The molecule has 9 nitrogen and oxygen atoms in total. The molecule has 4 rings (SSSR count). The molecule has 1 saturated heterocycles. The highest BCUT2D eigenvalue weighted by atomic mass is 16.6. The molecule has 1 aliphatic carbocycles. The van der Waals surface area contributed by atoms with Crippen LogP contribution in [0, 0.1) is 10.1 Å².